The number of aromatic nitrogens is 2. The minimum absolute atomic E-state index is 0.0342. The summed E-state index contributed by atoms with van der Waals surface area (Å²) in [5.41, 5.74) is 4.32. The fourth-order valence-corrected chi connectivity index (χ4v) is 5.40. The number of amides is 1. The predicted octanol–water partition coefficient (Wildman–Crippen LogP) is 6.52. The molecule has 0 saturated carbocycles. The van der Waals surface area contributed by atoms with Gasteiger partial charge in [-0.3, -0.25) is 4.79 Å². The van der Waals surface area contributed by atoms with Crippen LogP contribution in [0.4, 0.5) is 5.69 Å². The van der Waals surface area contributed by atoms with Crippen LogP contribution in [-0.4, -0.2) is 21.6 Å². The van der Waals surface area contributed by atoms with Gasteiger partial charge in [0.25, 0.3) is 0 Å². The third kappa shape index (κ3) is 4.25. The molecule has 0 radical (unpaired) electrons. The molecule has 2 aromatic carbocycles. The second kappa shape index (κ2) is 8.98. The lowest BCUT2D eigenvalue weighted by molar-refractivity contribution is -0.113. The summed E-state index contributed by atoms with van der Waals surface area (Å²) in [7, 11) is 0. The van der Waals surface area contributed by atoms with Gasteiger partial charge in [0.15, 0.2) is 0 Å². The maximum absolute atomic E-state index is 12.7. The van der Waals surface area contributed by atoms with Crippen molar-refractivity contribution < 1.29 is 4.79 Å². The number of nitrogens with one attached hydrogen (secondary N) is 1. The summed E-state index contributed by atoms with van der Waals surface area (Å²) in [6, 6.07) is 18.3. The van der Waals surface area contributed by atoms with Crippen molar-refractivity contribution in [3.8, 4) is 11.1 Å². The van der Waals surface area contributed by atoms with E-state index in [2.05, 4.69) is 54.3 Å². The average Bonchev–Trinajstić information content (AvgIpc) is 3.09. The molecule has 4 aromatic rings. The van der Waals surface area contributed by atoms with E-state index in [0.29, 0.717) is 11.7 Å². The van der Waals surface area contributed by atoms with E-state index >= 15 is 0 Å². The molecular weight excluding hydrogens is 410 g/mol. The molecule has 152 valence electrons. The quantitative estimate of drug-likeness (QED) is 0.278. The van der Waals surface area contributed by atoms with Crippen LogP contribution in [0, 0.1) is 6.92 Å². The van der Waals surface area contributed by atoms with Gasteiger partial charge in [-0.15, -0.1) is 11.3 Å². The minimum atomic E-state index is -0.0342. The first-order chi connectivity index (χ1) is 14.5. The van der Waals surface area contributed by atoms with Crippen LogP contribution in [-0.2, 0) is 4.79 Å². The van der Waals surface area contributed by atoms with E-state index in [9.17, 15) is 4.79 Å². The zero-order valence-corrected chi connectivity index (χ0v) is 18.8. The first-order valence-corrected chi connectivity index (χ1v) is 11.7. The zero-order chi connectivity index (χ0) is 21.1. The molecule has 4 nitrogen and oxygen atoms in total. The highest BCUT2D eigenvalue weighted by molar-refractivity contribution is 8.00. The van der Waals surface area contributed by atoms with Gasteiger partial charge in [0.05, 0.1) is 11.1 Å². The maximum atomic E-state index is 12.7. The summed E-state index contributed by atoms with van der Waals surface area (Å²) in [4.78, 5) is 23.8. The van der Waals surface area contributed by atoms with E-state index in [-0.39, 0.29) is 5.91 Å². The molecule has 0 aliphatic carbocycles. The first-order valence-electron chi connectivity index (χ1n) is 9.85. The number of aryl methyl sites for hydroxylation is 1. The van der Waals surface area contributed by atoms with Gasteiger partial charge >= 0.3 is 0 Å². The number of anilines is 1. The largest absolute Gasteiger partial charge is 0.325 e. The third-order valence-electron chi connectivity index (χ3n) is 4.89. The molecule has 4 rings (SSSR count). The highest BCUT2D eigenvalue weighted by Gasteiger charge is 2.18. The lowest BCUT2D eigenvalue weighted by atomic mass is 10.0. The van der Waals surface area contributed by atoms with Crippen LogP contribution >= 0.6 is 23.1 Å². The van der Waals surface area contributed by atoms with Gasteiger partial charge < -0.3 is 5.32 Å². The molecule has 1 amide bonds. The van der Waals surface area contributed by atoms with Crippen molar-refractivity contribution >= 4 is 44.9 Å². The second-order valence-electron chi connectivity index (χ2n) is 7.34. The molecule has 6 heteroatoms. The van der Waals surface area contributed by atoms with Crippen LogP contribution in [0.1, 0.15) is 30.2 Å². The van der Waals surface area contributed by atoms with Crippen LogP contribution < -0.4 is 5.32 Å². The predicted molar refractivity (Wildman–Crippen MR) is 127 cm³/mol. The molecule has 0 unspecified atom stereocenters. The van der Waals surface area contributed by atoms with E-state index in [1.807, 2.05) is 36.4 Å². The molecule has 2 aromatic heterocycles. The van der Waals surface area contributed by atoms with Crippen molar-refractivity contribution in [2.75, 3.05) is 11.1 Å². The van der Waals surface area contributed by atoms with Gasteiger partial charge in [0, 0.05) is 16.1 Å². The Bertz CT molecular complexity index is 1190. The standard InChI is InChI=1S/C24H23N3OS2/c1-15(2)18-11-7-8-12-19(18)27-20(28)13-29-23-22-21(17-9-5-4-6-10-17)16(3)30-24(22)26-14-25-23/h4-12,14-15H,13H2,1-3H3,(H,27,28). The fourth-order valence-electron chi connectivity index (χ4n) is 3.51. The smallest absolute Gasteiger partial charge is 0.234 e. The molecule has 1 N–H and O–H groups in total. The topological polar surface area (TPSA) is 54.9 Å². The molecule has 30 heavy (non-hydrogen) atoms. The third-order valence-corrected chi connectivity index (χ3v) is 6.89. The number of hydrogen-bond acceptors (Lipinski definition) is 5. The molecule has 0 aliphatic heterocycles. The van der Waals surface area contributed by atoms with Crippen molar-refractivity contribution in [1.82, 2.24) is 9.97 Å². The van der Waals surface area contributed by atoms with Crippen LogP contribution in [0.15, 0.2) is 66.0 Å². The molecular formula is C24H23N3OS2. The highest BCUT2D eigenvalue weighted by atomic mass is 32.2. The minimum Gasteiger partial charge on any atom is -0.325 e. The van der Waals surface area contributed by atoms with Crippen LogP contribution in [0.3, 0.4) is 0 Å². The number of fused-ring (bicyclic) bond motifs is 1. The molecule has 0 bridgehead atoms. The SMILES string of the molecule is Cc1sc2ncnc(SCC(=O)Nc3ccccc3C(C)C)c2c1-c1ccccc1. The van der Waals surface area contributed by atoms with Gasteiger partial charge in [0.1, 0.15) is 16.2 Å². The summed E-state index contributed by atoms with van der Waals surface area (Å²) in [5, 5.41) is 4.94. The van der Waals surface area contributed by atoms with Gasteiger partial charge in [0.2, 0.25) is 5.91 Å². The second-order valence-corrected chi connectivity index (χ2v) is 9.50. The first kappa shape index (κ1) is 20.6. The number of rotatable bonds is 6. The molecule has 2 heterocycles. The summed E-state index contributed by atoms with van der Waals surface area (Å²) < 4.78 is 0. The number of para-hydroxylation sites is 1. The van der Waals surface area contributed by atoms with Gasteiger partial charge in [-0.05, 0) is 30.0 Å². The molecule has 0 aliphatic rings. The Balaban J connectivity index is 1.59. The normalized spacial score (nSPS) is 11.2. The summed E-state index contributed by atoms with van der Waals surface area (Å²) >= 11 is 3.12. The Kier molecular flexibility index (Phi) is 6.16. The molecule has 0 spiro atoms. The number of thiophene rings is 1. The summed E-state index contributed by atoms with van der Waals surface area (Å²) in [5.74, 6) is 0.604. The van der Waals surface area contributed by atoms with E-state index in [4.69, 9.17) is 0 Å². The number of benzene rings is 2. The highest BCUT2D eigenvalue weighted by Crippen LogP contribution is 2.41. The van der Waals surface area contributed by atoms with Crippen LogP contribution in [0.5, 0.6) is 0 Å². The zero-order valence-electron chi connectivity index (χ0n) is 17.2. The Morgan fingerprint density at radius 3 is 2.57 bits per heavy atom. The van der Waals surface area contributed by atoms with E-state index in [1.54, 1.807) is 17.7 Å². The van der Waals surface area contributed by atoms with Crippen molar-refractivity contribution in [2.24, 2.45) is 0 Å². The number of hydrogen-bond donors (Lipinski definition) is 1. The van der Waals surface area contributed by atoms with Crippen molar-refractivity contribution in [2.45, 2.75) is 31.7 Å². The Labute approximate surface area is 184 Å². The average molecular weight is 434 g/mol. The van der Waals surface area contributed by atoms with Crippen molar-refractivity contribution in [1.29, 1.82) is 0 Å². The lowest BCUT2D eigenvalue weighted by Gasteiger charge is -2.13. The van der Waals surface area contributed by atoms with E-state index in [1.165, 1.54) is 16.6 Å². The summed E-state index contributed by atoms with van der Waals surface area (Å²) in [6.45, 7) is 6.36. The lowest BCUT2D eigenvalue weighted by Crippen LogP contribution is -2.15. The monoisotopic (exact) mass is 433 g/mol. The van der Waals surface area contributed by atoms with Gasteiger partial charge in [-0.1, -0.05) is 74.1 Å². The molecule has 0 saturated heterocycles. The number of carbonyl (C=O) groups excluding carboxylic acids is 1. The van der Waals surface area contributed by atoms with E-state index in [0.717, 1.165) is 37.6 Å². The number of nitrogens with zero attached hydrogens (tertiary/aromatic N) is 2. The molecule has 0 fully saturated rings. The van der Waals surface area contributed by atoms with Crippen molar-refractivity contribution in [3.63, 3.8) is 0 Å². The Hall–Kier alpha value is -2.70. The fraction of sp³-hybridized carbons (Fsp3) is 0.208. The maximum Gasteiger partial charge on any atom is 0.234 e. The van der Waals surface area contributed by atoms with Crippen LogP contribution in [0.2, 0.25) is 0 Å². The van der Waals surface area contributed by atoms with Gasteiger partial charge in [-0.2, -0.15) is 0 Å². The van der Waals surface area contributed by atoms with Crippen LogP contribution in [0.25, 0.3) is 21.3 Å². The van der Waals surface area contributed by atoms with Crippen molar-refractivity contribution in [3.05, 3.63) is 71.4 Å². The number of carbonyl (C=O) groups is 1. The van der Waals surface area contributed by atoms with E-state index < -0.39 is 0 Å². The molecule has 0 atom stereocenters. The number of thioether (sulfide) groups is 1. The van der Waals surface area contributed by atoms with Gasteiger partial charge in [-0.25, -0.2) is 9.97 Å². The summed E-state index contributed by atoms with van der Waals surface area (Å²) in [6.07, 6.45) is 1.58. The Morgan fingerprint density at radius 1 is 1.07 bits per heavy atom. The Morgan fingerprint density at radius 2 is 1.80 bits per heavy atom.